The number of hydrogen-bond acceptors (Lipinski definition) is 7. The van der Waals surface area contributed by atoms with Gasteiger partial charge < -0.3 is 4.74 Å². The molecule has 0 unspecified atom stereocenters. The summed E-state index contributed by atoms with van der Waals surface area (Å²) in [5.41, 5.74) is 1.42. The lowest BCUT2D eigenvalue weighted by molar-refractivity contribution is -0.384. The molecule has 3 rings (SSSR count). The molecular weight excluding hydrogens is 484 g/mol. The number of anilines is 1. The van der Waals surface area contributed by atoms with Gasteiger partial charge in [0.05, 0.1) is 15.4 Å². The van der Waals surface area contributed by atoms with Crippen LogP contribution < -0.4 is 4.72 Å². The Morgan fingerprint density at radius 1 is 0.972 bits per heavy atom. The quantitative estimate of drug-likeness (QED) is 0.194. The average molecular weight is 511 g/mol. The normalized spacial score (nSPS) is 11.6. The van der Waals surface area contributed by atoms with Crippen LogP contribution >= 0.6 is 0 Å². The molecule has 0 aliphatic heterocycles. The Hall–Kier alpha value is -4.05. The highest BCUT2D eigenvalue weighted by Crippen LogP contribution is 2.28. The Kier molecular flexibility index (Phi) is 7.59. The van der Waals surface area contributed by atoms with Gasteiger partial charge in [-0.05, 0) is 53.8 Å². The maximum absolute atomic E-state index is 13.0. The third-order valence-electron chi connectivity index (χ3n) is 5.43. The number of benzene rings is 3. The molecule has 0 atom stereocenters. The van der Waals surface area contributed by atoms with E-state index in [-0.39, 0.29) is 32.8 Å². The van der Waals surface area contributed by atoms with Gasteiger partial charge in [0.2, 0.25) is 5.78 Å². The topological polar surface area (TPSA) is 133 Å². The molecule has 36 heavy (non-hydrogen) atoms. The van der Waals surface area contributed by atoms with E-state index in [0.717, 1.165) is 11.6 Å². The average Bonchev–Trinajstić information content (AvgIpc) is 2.82. The van der Waals surface area contributed by atoms with E-state index in [1.165, 1.54) is 42.5 Å². The number of hydrogen-bond donors (Lipinski definition) is 1. The number of ketones is 1. The number of Topliss-reactive ketones (excluding diaryl/α,β-unsaturated/α-hetero) is 1. The number of sulfonamides is 1. The molecule has 0 aliphatic carbocycles. The minimum absolute atomic E-state index is 0.0487. The minimum Gasteiger partial charge on any atom is -0.454 e. The zero-order valence-electron chi connectivity index (χ0n) is 20.3. The Bertz CT molecular complexity index is 1420. The molecule has 0 aliphatic rings. The standard InChI is InChI=1S/C26H26N2O7S/c1-17-8-11-20(26(2,3)4)15-24(17)36(33,34)27-21-12-9-18(10-13-21)25(30)35-16-23(29)19-6-5-7-22(14-19)28(31)32/h5-15,27H,16H2,1-4H3. The van der Waals surface area contributed by atoms with E-state index in [0.29, 0.717) is 5.56 Å². The first kappa shape index (κ1) is 26.6. The number of rotatable bonds is 8. The summed E-state index contributed by atoms with van der Waals surface area (Å²) in [6, 6.07) is 16.0. The van der Waals surface area contributed by atoms with E-state index in [1.54, 1.807) is 19.1 Å². The van der Waals surface area contributed by atoms with Crippen LogP contribution in [0.5, 0.6) is 0 Å². The van der Waals surface area contributed by atoms with Crippen molar-refractivity contribution in [2.45, 2.75) is 38.0 Å². The molecule has 0 aromatic heterocycles. The number of non-ortho nitro benzene ring substituents is 1. The van der Waals surface area contributed by atoms with Crippen molar-refractivity contribution >= 4 is 33.2 Å². The third-order valence-corrected chi connectivity index (χ3v) is 6.95. The molecule has 1 N–H and O–H groups in total. The number of esters is 1. The van der Waals surface area contributed by atoms with Gasteiger partial charge in [0, 0.05) is 23.4 Å². The van der Waals surface area contributed by atoms with E-state index in [4.69, 9.17) is 4.74 Å². The SMILES string of the molecule is Cc1ccc(C(C)(C)C)cc1S(=O)(=O)Nc1ccc(C(=O)OCC(=O)c2cccc([N+](=O)[O-])c2)cc1. The summed E-state index contributed by atoms with van der Waals surface area (Å²) in [6.45, 7) is 7.11. The van der Waals surface area contributed by atoms with Gasteiger partial charge in [-0.15, -0.1) is 0 Å². The number of nitrogens with one attached hydrogen (secondary N) is 1. The number of aryl methyl sites for hydroxylation is 1. The number of nitrogens with zero attached hydrogens (tertiary/aromatic N) is 1. The van der Waals surface area contributed by atoms with Crippen molar-refractivity contribution < 1.29 is 27.7 Å². The summed E-state index contributed by atoms with van der Waals surface area (Å²) in [5, 5.41) is 10.9. The molecular formula is C26H26N2O7S. The first-order valence-corrected chi connectivity index (χ1v) is 12.4. The molecule has 3 aromatic rings. The van der Waals surface area contributed by atoms with E-state index >= 15 is 0 Å². The molecule has 0 heterocycles. The van der Waals surface area contributed by atoms with Crippen molar-refractivity contribution in [1.29, 1.82) is 0 Å². The van der Waals surface area contributed by atoms with E-state index in [1.807, 2.05) is 26.8 Å². The zero-order chi connectivity index (χ0) is 26.7. The van der Waals surface area contributed by atoms with Crippen molar-refractivity contribution in [2.24, 2.45) is 0 Å². The fourth-order valence-corrected chi connectivity index (χ4v) is 4.66. The van der Waals surface area contributed by atoms with E-state index < -0.39 is 33.3 Å². The van der Waals surface area contributed by atoms with Crippen LogP contribution in [0.3, 0.4) is 0 Å². The molecule has 9 nitrogen and oxygen atoms in total. The maximum atomic E-state index is 13.0. The number of carbonyl (C=O) groups is 2. The molecule has 0 saturated heterocycles. The van der Waals surface area contributed by atoms with Crippen LogP contribution in [0.25, 0.3) is 0 Å². The second kappa shape index (κ2) is 10.3. The second-order valence-corrected chi connectivity index (χ2v) is 10.9. The van der Waals surface area contributed by atoms with E-state index in [2.05, 4.69) is 4.72 Å². The van der Waals surface area contributed by atoms with E-state index in [9.17, 15) is 28.1 Å². The fraction of sp³-hybridized carbons (Fsp3) is 0.231. The minimum atomic E-state index is -3.88. The Morgan fingerprint density at radius 2 is 1.64 bits per heavy atom. The largest absolute Gasteiger partial charge is 0.454 e. The maximum Gasteiger partial charge on any atom is 0.338 e. The van der Waals surface area contributed by atoms with Gasteiger partial charge in [-0.1, -0.05) is 45.0 Å². The lowest BCUT2D eigenvalue weighted by atomic mass is 9.87. The Morgan fingerprint density at radius 3 is 2.25 bits per heavy atom. The Balaban J connectivity index is 1.68. The highest BCUT2D eigenvalue weighted by Gasteiger charge is 2.22. The van der Waals surface area contributed by atoms with Crippen molar-refractivity contribution in [3.05, 3.63) is 99.1 Å². The summed E-state index contributed by atoms with van der Waals surface area (Å²) < 4.78 is 33.6. The van der Waals surface area contributed by atoms with Crippen molar-refractivity contribution in [3.63, 3.8) is 0 Å². The molecule has 188 valence electrons. The lowest BCUT2D eigenvalue weighted by Gasteiger charge is -2.21. The summed E-state index contributed by atoms with van der Waals surface area (Å²) in [4.78, 5) is 35.0. The number of ether oxygens (including phenoxy) is 1. The fourth-order valence-electron chi connectivity index (χ4n) is 3.33. The van der Waals surface area contributed by atoms with Crippen molar-refractivity contribution in [1.82, 2.24) is 0 Å². The summed E-state index contributed by atoms with van der Waals surface area (Å²) in [6.07, 6.45) is 0. The predicted molar refractivity (Wildman–Crippen MR) is 135 cm³/mol. The molecule has 10 heteroatoms. The monoisotopic (exact) mass is 510 g/mol. The predicted octanol–water partition coefficient (Wildman–Crippen LogP) is 5.04. The molecule has 0 radical (unpaired) electrons. The zero-order valence-corrected chi connectivity index (χ0v) is 21.1. The third kappa shape index (κ3) is 6.33. The summed E-state index contributed by atoms with van der Waals surface area (Å²) in [5.74, 6) is -1.39. The molecule has 0 amide bonds. The number of nitro groups is 1. The molecule has 0 bridgehead atoms. The molecule has 0 saturated carbocycles. The van der Waals surface area contributed by atoms with Gasteiger partial charge >= 0.3 is 5.97 Å². The van der Waals surface area contributed by atoms with Crippen LogP contribution in [0.4, 0.5) is 11.4 Å². The molecule has 0 fully saturated rings. The molecule has 0 spiro atoms. The van der Waals surface area contributed by atoms with Crippen LogP contribution in [-0.4, -0.2) is 31.7 Å². The van der Waals surface area contributed by atoms with Crippen LogP contribution in [-0.2, 0) is 20.2 Å². The smallest absolute Gasteiger partial charge is 0.338 e. The van der Waals surface area contributed by atoms with Crippen LogP contribution in [0.15, 0.2) is 71.6 Å². The van der Waals surface area contributed by atoms with Crippen LogP contribution in [0.2, 0.25) is 0 Å². The highest BCUT2D eigenvalue weighted by molar-refractivity contribution is 7.92. The van der Waals surface area contributed by atoms with Crippen LogP contribution in [0.1, 0.15) is 52.6 Å². The van der Waals surface area contributed by atoms with Crippen LogP contribution in [0, 0.1) is 17.0 Å². The van der Waals surface area contributed by atoms with Gasteiger partial charge in [-0.3, -0.25) is 19.6 Å². The van der Waals surface area contributed by atoms with Crippen molar-refractivity contribution in [2.75, 3.05) is 11.3 Å². The van der Waals surface area contributed by atoms with Gasteiger partial charge in [0.15, 0.2) is 6.61 Å². The lowest BCUT2D eigenvalue weighted by Crippen LogP contribution is -2.17. The van der Waals surface area contributed by atoms with Gasteiger partial charge in [0.1, 0.15) is 0 Å². The summed E-state index contributed by atoms with van der Waals surface area (Å²) >= 11 is 0. The first-order valence-electron chi connectivity index (χ1n) is 11.0. The van der Waals surface area contributed by atoms with Gasteiger partial charge in [-0.25, -0.2) is 13.2 Å². The van der Waals surface area contributed by atoms with Gasteiger partial charge in [0.25, 0.3) is 15.7 Å². The second-order valence-electron chi connectivity index (χ2n) is 9.22. The van der Waals surface area contributed by atoms with Gasteiger partial charge in [-0.2, -0.15) is 0 Å². The Labute approximate surface area is 209 Å². The van der Waals surface area contributed by atoms with Crippen molar-refractivity contribution in [3.8, 4) is 0 Å². The molecule has 3 aromatic carbocycles. The number of carbonyl (C=O) groups excluding carboxylic acids is 2. The highest BCUT2D eigenvalue weighted by atomic mass is 32.2. The number of nitro benzene ring substituents is 1. The summed E-state index contributed by atoms with van der Waals surface area (Å²) in [7, 11) is -3.88. The first-order chi connectivity index (χ1) is 16.8.